The summed E-state index contributed by atoms with van der Waals surface area (Å²) in [6, 6.07) is 1.81. The molecule has 1 aliphatic carbocycles. The van der Waals surface area contributed by atoms with Gasteiger partial charge in [-0.2, -0.15) is 5.26 Å². The Hall–Kier alpha value is -2.16. The van der Waals surface area contributed by atoms with Crippen LogP contribution in [0.4, 0.5) is 0 Å². The van der Waals surface area contributed by atoms with Gasteiger partial charge in [-0.15, -0.1) is 0 Å². The van der Waals surface area contributed by atoms with Crippen molar-refractivity contribution in [2.45, 2.75) is 38.1 Å². The Labute approximate surface area is 110 Å². The lowest BCUT2D eigenvalue weighted by Crippen LogP contribution is -2.42. The highest BCUT2D eigenvalue weighted by Crippen LogP contribution is 2.18. The predicted molar refractivity (Wildman–Crippen MR) is 65.0 cm³/mol. The molecule has 1 amide bonds. The van der Waals surface area contributed by atoms with Gasteiger partial charge >= 0.3 is 0 Å². The Bertz CT molecular complexity index is 484. The van der Waals surface area contributed by atoms with Gasteiger partial charge in [0.05, 0.1) is 6.07 Å². The topological polar surface area (TPSA) is 96.0 Å². The first-order valence-electron chi connectivity index (χ1n) is 6.34. The van der Waals surface area contributed by atoms with Crippen LogP contribution in [0.2, 0.25) is 0 Å². The molecule has 1 saturated carbocycles. The monoisotopic (exact) mass is 261 g/mol. The second-order valence-electron chi connectivity index (χ2n) is 4.64. The lowest BCUT2D eigenvalue weighted by atomic mass is 9.94. The first kappa shape index (κ1) is 13.3. The molecule has 1 aliphatic rings. The van der Waals surface area contributed by atoms with Crippen LogP contribution in [-0.2, 0) is 4.79 Å². The lowest BCUT2D eigenvalue weighted by Gasteiger charge is -2.23. The summed E-state index contributed by atoms with van der Waals surface area (Å²) in [5.41, 5.74) is 0.00495. The highest BCUT2D eigenvalue weighted by Gasteiger charge is 2.30. The summed E-state index contributed by atoms with van der Waals surface area (Å²) >= 11 is 0. The molecule has 1 unspecified atom stereocenters. The summed E-state index contributed by atoms with van der Waals surface area (Å²) in [6.45, 7) is 0. The maximum absolute atomic E-state index is 12.0. The van der Waals surface area contributed by atoms with E-state index in [2.05, 4.69) is 14.7 Å². The molecule has 1 heterocycles. The SMILES string of the molecule is N#CC(C(=O)NC1CCCCC1)C(=O)c1cocn1. The van der Waals surface area contributed by atoms with Crippen molar-refractivity contribution in [3.8, 4) is 6.07 Å². The van der Waals surface area contributed by atoms with Crippen LogP contribution >= 0.6 is 0 Å². The van der Waals surface area contributed by atoms with Crippen molar-refractivity contribution < 1.29 is 14.0 Å². The molecule has 1 N–H and O–H groups in total. The van der Waals surface area contributed by atoms with Crippen molar-refractivity contribution in [2.75, 3.05) is 0 Å². The molecule has 0 saturated heterocycles. The van der Waals surface area contributed by atoms with Gasteiger partial charge in [0.25, 0.3) is 0 Å². The summed E-state index contributed by atoms with van der Waals surface area (Å²) in [5.74, 6) is -2.51. The minimum Gasteiger partial charge on any atom is -0.451 e. The number of nitriles is 1. The summed E-state index contributed by atoms with van der Waals surface area (Å²) < 4.78 is 4.69. The third-order valence-electron chi connectivity index (χ3n) is 3.29. The van der Waals surface area contributed by atoms with Gasteiger partial charge in [0.1, 0.15) is 12.0 Å². The summed E-state index contributed by atoms with van der Waals surface area (Å²) in [7, 11) is 0. The number of oxazole rings is 1. The largest absolute Gasteiger partial charge is 0.451 e. The van der Waals surface area contributed by atoms with E-state index in [0.29, 0.717) is 0 Å². The van der Waals surface area contributed by atoms with Crippen LogP contribution in [0.15, 0.2) is 17.1 Å². The predicted octanol–water partition coefficient (Wildman–Crippen LogP) is 1.45. The fraction of sp³-hybridized carbons (Fsp3) is 0.538. The Morgan fingerprint density at radius 3 is 2.74 bits per heavy atom. The molecule has 1 aromatic rings. The average Bonchev–Trinajstić information content (AvgIpc) is 2.94. The lowest BCUT2D eigenvalue weighted by molar-refractivity contribution is -0.123. The highest BCUT2D eigenvalue weighted by molar-refractivity contribution is 6.11. The number of Topliss-reactive ketones (excluding diaryl/α,β-unsaturated/α-hetero) is 1. The maximum Gasteiger partial charge on any atom is 0.245 e. The molecule has 2 rings (SSSR count). The van der Waals surface area contributed by atoms with E-state index >= 15 is 0 Å². The van der Waals surface area contributed by atoms with Crippen molar-refractivity contribution in [3.05, 3.63) is 18.4 Å². The summed E-state index contributed by atoms with van der Waals surface area (Å²) in [6.07, 6.45) is 7.36. The van der Waals surface area contributed by atoms with Gasteiger partial charge in [-0.25, -0.2) is 4.98 Å². The summed E-state index contributed by atoms with van der Waals surface area (Å²) in [4.78, 5) is 27.5. The third-order valence-corrected chi connectivity index (χ3v) is 3.29. The molecule has 19 heavy (non-hydrogen) atoms. The molecule has 0 bridgehead atoms. The van der Waals surface area contributed by atoms with Crippen molar-refractivity contribution in [1.29, 1.82) is 5.26 Å². The van der Waals surface area contributed by atoms with Crippen LogP contribution < -0.4 is 5.32 Å². The van der Waals surface area contributed by atoms with Gasteiger partial charge in [0, 0.05) is 6.04 Å². The molecule has 6 heteroatoms. The normalized spacial score (nSPS) is 17.4. The van der Waals surface area contributed by atoms with E-state index in [1.807, 2.05) is 0 Å². The molecule has 0 aromatic carbocycles. The molecule has 0 spiro atoms. The van der Waals surface area contributed by atoms with E-state index in [4.69, 9.17) is 5.26 Å². The van der Waals surface area contributed by atoms with Gasteiger partial charge in [-0.1, -0.05) is 19.3 Å². The van der Waals surface area contributed by atoms with E-state index in [0.717, 1.165) is 38.3 Å². The van der Waals surface area contributed by atoms with Crippen molar-refractivity contribution in [1.82, 2.24) is 10.3 Å². The van der Waals surface area contributed by atoms with Crippen molar-refractivity contribution in [3.63, 3.8) is 0 Å². The third kappa shape index (κ3) is 3.19. The Morgan fingerprint density at radius 2 is 2.16 bits per heavy atom. The number of nitrogens with one attached hydrogen (secondary N) is 1. The van der Waals surface area contributed by atoms with Gasteiger partial charge < -0.3 is 9.73 Å². The van der Waals surface area contributed by atoms with Crippen molar-refractivity contribution >= 4 is 11.7 Å². The first-order valence-corrected chi connectivity index (χ1v) is 6.34. The zero-order chi connectivity index (χ0) is 13.7. The Balaban J connectivity index is 1.99. The van der Waals surface area contributed by atoms with E-state index < -0.39 is 17.6 Å². The highest BCUT2D eigenvalue weighted by atomic mass is 16.3. The van der Waals surface area contributed by atoms with Gasteiger partial charge in [0.15, 0.2) is 12.3 Å². The molecule has 0 radical (unpaired) electrons. The molecule has 1 fully saturated rings. The maximum atomic E-state index is 12.0. The number of carbonyl (C=O) groups is 2. The average molecular weight is 261 g/mol. The smallest absolute Gasteiger partial charge is 0.245 e. The number of aromatic nitrogens is 1. The van der Waals surface area contributed by atoms with Gasteiger partial charge in [-0.3, -0.25) is 9.59 Å². The molecule has 1 atom stereocenters. The molecule has 1 aromatic heterocycles. The quantitative estimate of drug-likeness (QED) is 0.653. The number of hydrogen-bond donors (Lipinski definition) is 1. The van der Waals surface area contributed by atoms with Crippen LogP contribution in [0.5, 0.6) is 0 Å². The molecular formula is C13H15N3O3. The second kappa shape index (κ2) is 6.14. The molecule has 100 valence electrons. The minimum absolute atomic E-state index is 0.00495. The van der Waals surface area contributed by atoms with Crippen LogP contribution in [0.1, 0.15) is 42.6 Å². The molecular weight excluding hydrogens is 246 g/mol. The van der Waals surface area contributed by atoms with Crippen LogP contribution in [0.25, 0.3) is 0 Å². The van der Waals surface area contributed by atoms with E-state index in [1.54, 1.807) is 6.07 Å². The number of amides is 1. The second-order valence-corrected chi connectivity index (χ2v) is 4.64. The number of nitrogens with zero attached hydrogens (tertiary/aromatic N) is 2. The zero-order valence-corrected chi connectivity index (χ0v) is 10.5. The standard InChI is InChI=1S/C13H15N3O3/c14-6-10(12(17)11-7-19-8-15-11)13(18)16-9-4-2-1-3-5-9/h7-10H,1-5H2,(H,16,18). The van der Waals surface area contributed by atoms with Crippen LogP contribution in [-0.4, -0.2) is 22.7 Å². The number of rotatable bonds is 4. The number of carbonyl (C=O) groups excluding carboxylic acids is 2. The van der Waals surface area contributed by atoms with Crippen LogP contribution in [0.3, 0.4) is 0 Å². The Kier molecular flexibility index (Phi) is 4.29. The van der Waals surface area contributed by atoms with Crippen molar-refractivity contribution in [2.24, 2.45) is 5.92 Å². The van der Waals surface area contributed by atoms with Gasteiger partial charge in [0.2, 0.25) is 11.7 Å². The number of ketones is 1. The summed E-state index contributed by atoms with van der Waals surface area (Å²) in [5, 5.41) is 11.8. The zero-order valence-electron chi connectivity index (χ0n) is 10.5. The van der Waals surface area contributed by atoms with Crippen LogP contribution in [0, 0.1) is 17.2 Å². The van der Waals surface area contributed by atoms with Gasteiger partial charge in [-0.05, 0) is 12.8 Å². The Morgan fingerprint density at radius 1 is 1.42 bits per heavy atom. The molecule has 0 aliphatic heterocycles. The minimum atomic E-state index is -1.35. The fourth-order valence-electron chi connectivity index (χ4n) is 2.25. The number of hydrogen-bond acceptors (Lipinski definition) is 5. The first-order chi connectivity index (χ1) is 9.22. The molecule has 6 nitrogen and oxygen atoms in total. The van der Waals surface area contributed by atoms with E-state index in [-0.39, 0.29) is 11.7 Å². The fourth-order valence-corrected chi connectivity index (χ4v) is 2.25. The van der Waals surface area contributed by atoms with E-state index in [1.165, 1.54) is 6.42 Å². The van der Waals surface area contributed by atoms with E-state index in [9.17, 15) is 9.59 Å².